The smallest absolute Gasteiger partial charge is 0.255 e. The molecule has 5 rings (SSSR count). The van der Waals surface area contributed by atoms with Gasteiger partial charge >= 0.3 is 0 Å². The molecule has 3 atom stereocenters. The first-order valence-electron chi connectivity index (χ1n) is 11.1. The van der Waals surface area contributed by atoms with E-state index in [1.807, 2.05) is 18.2 Å². The first-order chi connectivity index (χ1) is 16.0. The second-order valence-electron chi connectivity index (χ2n) is 8.63. The van der Waals surface area contributed by atoms with E-state index >= 15 is 0 Å². The zero-order chi connectivity index (χ0) is 22.9. The summed E-state index contributed by atoms with van der Waals surface area (Å²) < 4.78 is 0. The minimum atomic E-state index is -0.312. The predicted octanol–water partition coefficient (Wildman–Crippen LogP) is 5.67. The number of benzene rings is 3. The summed E-state index contributed by atoms with van der Waals surface area (Å²) in [6.07, 6.45) is 2.30. The molecule has 0 aromatic heterocycles. The molecule has 1 N–H and O–H groups in total. The molecule has 2 fully saturated rings. The second kappa shape index (κ2) is 8.83. The molecule has 6 heteroatoms. The summed E-state index contributed by atoms with van der Waals surface area (Å²) in [5, 5.41) is 3.23. The molecule has 1 saturated heterocycles. The number of para-hydroxylation sites is 1. The highest BCUT2D eigenvalue weighted by molar-refractivity contribution is 6.33. The summed E-state index contributed by atoms with van der Waals surface area (Å²) in [7, 11) is 0. The molecule has 0 unspecified atom stereocenters. The number of anilines is 2. The van der Waals surface area contributed by atoms with Crippen molar-refractivity contribution >= 4 is 40.7 Å². The van der Waals surface area contributed by atoms with E-state index in [0.717, 1.165) is 6.42 Å². The lowest BCUT2D eigenvalue weighted by atomic mass is 9.73. The number of carbonyl (C=O) groups is 3. The molecule has 3 aromatic carbocycles. The molecule has 1 aliphatic heterocycles. The lowest BCUT2D eigenvalue weighted by Gasteiger charge is -2.28. The van der Waals surface area contributed by atoms with Crippen LogP contribution < -0.4 is 10.2 Å². The molecule has 166 valence electrons. The van der Waals surface area contributed by atoms with Crippen LogP contribution in [0.15, 0.2) is 78.9 Å². The summed E-state index contributed by atoms with van der Waals surface area (Å²) in [5.74, 6) is -0.850. The third-order valence-electron chi connectivity index (χ3n) is 6.71. The van der Waals surface area contributed by atoms with Crippen LogP contribution in [0.2, 0.25) is 5.02 Å². The van der Waals surface area contributed by atoms with E-state index in [0.29, 0.717) is 40.7 Å². The summed E-state index contributed by atoms with van der Waals surface area (Å²) >= 11 is 6.11. The Morgan fingerprint density at radius 1 is 0.818 bits per heavy atom. The normalized spacial score (nSPS) is 22.2. The summed E-state index contributed by atoms with van der Waals surface area (Å²) in [4.78, 5) is 40.2. The Hall–Kier alpha value is -3.44. The van der Waals surface area contributed by atoms with Crippen molar-refractivity contribution in [1.29, 1.82) is 0 Å². The summed E-state index contributed by atoms with van der Waals surface area (Å²) in [6, 6.07) is 23.8. The number of fused-ring (bicyclic) bond motifs is 1. The highest BCUT2D eigenvalue weighted by Crippen LogP contribution is 2.45. The van der Waals surface area contributed by atoms with Crippen molar-refractivity contribution in [3.63, 3.8) is 0 Å². The molecule has 1 heterocycles. The average molecular weight is 459 g/mol. The van der Waals surface area contributed by atoms with Gasteiger partial charge in [0.2, 0.25) is 11.8 Å². The number of nitrogens with zero attached hydrogens (tertiary/aromatic N) is 1. The Morgan fingerprint density at radius 3 is 2.21 bits per heavy atom. The SMILES string of the molecule is O=C(Nc1ccccc1Cl)c1ccc(N2C(=O)[C@H]3CC[C@H](c4ccccc4)C[C@@H]3C2=O)cc1. The van der Waals surface area contributed by atoms with Gasteiger partial charge in [0.15, 0.2) is 0 Å². The molecule has 3 amide bonds. The van der Waals surface area contributed by atoms with Gasteiger partial charge in [-0.3, -0.25) is 19.3 Å². The van der Waals surface area contributed by atoms with Crippen molar-refractivity contribution in [1.82, 2.24) is 0 Å². The molecule has 1 aliphatic carbocycles. The Bertz CT molecular complexity index is 1210. The van der Waals surface area contributed by atoms with E-state index in [2.05, 4.69) is 17.4 Å². The predicted molar refractivity (Wildman–Crippen MR) is 128 cm³/mol. The van der Waals surface area contributed by atoms with Gasteiger partial charge in [-0.15, -0.1) is 0 Å². The fraction of sp³-hybridized carbons (Fsp3) is 0.222. The average Bonchev–Trinajstić information content (AvgIpc) is 3.10. The third kappa shape index (κ3) is 4.05. The number of hydrogen-bond donors (Lipinski definition) is 1. The molecule has 0 spiro atoms. The molecule has 33 heavy (non-hydrogen) atoms. The minimum absolute atomic E-state index is 0.134. The Kier molecular flexibility index (Phi) is 5.73. The van der Waals surface area contributed by atoms with Crippen LogP contribution in [0.3, 0.4) is 0 Å². The summed E-state index contributed by atoms with van der Waals surface area (Å²) in [5.41, 5.74) is 2.67. The molecule has 1 saturated carbocycles. The van der Waals surface area contributed by atoms with Crippen molar-refractivity contribution in [3.8, 4) is 0 Å². The second-order valence-corrected chi connectivity index (χ2v) is 9.03. The monoisotopic (exact) mass is 458 g/mol. The number of hydrogen-bond acceptors (Lipinski definition) is 3. The molecule has 2 aliphatic rings. The van der Waals surface area contributed by atoms with Crippen LogP contribution in [-0.2, 0) is 9.59 Å². The number of halogens is 1. The van der Waals surface area contributed by atoms with Gasteiger partial charge in [0.1, 0.15) is 0 Å². The van der Waals surface area contributed by atoms with Crippen LogP contribution in [0, 0.1) is 11.8 Å². The van der Waals surface area contributed by atoms with Crippen molar-refractivity contribution in [2.75, 3.05) is 10.2 Å². The Labute approximate surface area is 197 Å². The summed E-state index contributed by atoms with van der Waals surface area (Å²) in [6.45, 7) is 0. The van der Waals surface area contributed by atoms with E-state index in [1.165, 1.54) is 10.5 Å². The fourth-order valence-corrected chi connectivity index (χ4v) is 5.16. The van der Waals surface area contributed by atoms with Crippen LogP contribution in [0.4, 0.5) is 11.4 Å². The van der Waals surface area contributed by atoms with E-state index in [-0.39, 0.29) is 29.6 Å². The van der Waals surface area contributed by atoms with Gasteiger partial charge in [-0.1, -0.05) is 54.1 Å². The largest absolute Gasteiger partial charge is 0.321 e. The number of amides is 3. The van der Waals surface area contributed by atoms with Crippen molar-refractivity contribution in [2.24, 2.45) is 11.8 Å². The number of carbonyl (C=O) groups excluding carboxylic acids is 3. The highest BCUT2D eigenvalue weighted by atomic mass is 35.5. The van der Waals surface area contributed by atoms with Gasteiger partial charge in [0.05, 0.1) is 28.2 Å². The van der Waals surface area contributed by atoms with Crippen LogP contribution in [-0.4, -0.2) is 17.7 Å². The molecule has 3 aromatic rings. The maximum Gasteiger partial charge on any atom is 0.255 e. The fourth-order valence-electron chi connectivity index (χ4n) is 4.98. The number of imide groups is 1. The maximum atomic E-state index is 13.2. The topological polar surface area (TPSA) is 66.5 Å². The van der Waals surface area contributed by atoms with E-state index in [9.17, 15) is 14.4 Å². The van der Waals surface area contributed by atoms with Gasteiger partial charge in [-0.2, -0.15) is 0 Å². The van der Waals surface area contributed by atoms with E-state index in [1.54, 1.807) is 48.5 Å². The van der Waals surface area contributed by atoms with Gasteiger partial charge in [0, 0.05) is 5.56 Å². The quantitative estimate of drug-likeness (QED) is 0.512. The lowest BCUT2D eigenvalue weighted by Crippen LogP contribution is -2.30. The van der Waals surface area contributed by atoms with Gasteiger partial charge in [0.25, 0.3) is 5.91 Å². The molecular formula is C27H23ClN2O3. The first-order valence-corrected chi connectivity index (χ1v) is 11.5. The van der Waals surface area contributed by atoms with Crippen LogP contribution in [0.25, 0.3) is 0 Å². The van der Waals surface area contributed by atoms with Crippen LogP contribution in [0.5, 0.6) is 0 Å². The molecule has 5 nitrogen and oxygen atoms in total. The molecule has 0 radical (unpaired) electrons. The van der Waals surface area contributed by atoms with Crippen molar-refractivity contribution < 1.29 is 14.4 Å². The highest BCUT2D eigenvalue weighted by Gasteiger charge is 2.50. The van der Waals surface area contributed by atoms with Gasteiger partial charge < -0.3 is 5.32 Å². The number of nitrogens with one attached hydrogen (secondary N) is 1. The van der Waals surface area contributed by atoms with Crippen molar-refractivity contribution in [2.45, 2.75) is 25.2 Å². The minimum Gasteiger partial charge on any atom is -0.321 e. The van der Waals surface area contributed by atoms with E-state index in [4.69, 9.17) is 11.6 Å². The van der Waals surface area contributed by atoms with Gasteiger partial charge in [-0.25, -0.2) is 0 Å². The standard InChI is InChI=1S/C27H23ClN2O3/c28-23-8-4-5-9-24(23)29-25(31)18-10-13-20(14-11-18)30-26(32)21-15-12-19(16-22(21)27(30)33)17-6-2-1-3-7-17/h1-11,13-14,19,21-22H,12,15-16H2,(H,29,31)/t19-,21-,22-/m0/s1. The third-order valence-corrected chi connectivity index (χ3v) is 7.04. The maximum absolute atomic E-state index is 13.2. The lowest BCUT2D eigenvalue weighted by molar-refractivity contribution is -0.122. The Morgan fingerprint density at radius 2 is 1.48 bits per heavy atom. The Balaban J connectivity index is 1.31. The first kappa shape index (κ1) is 21.4. The zero-order valence-electron chi connectivity index (χ0n) is 17.9. The van der Waals surface area contributed by atoms with Crippen LogP contribution in [0.1, 0.15) is 41.1 Å². The van der Waals surface area contributed by atoms with E-state index < -0.39 is 0 Å². The zero-order valence-corrected chi connectivity index (χ0v) is 18.7. The number of rotatable bonds is 4. The molecular weight excluding hydrogens is 436 g/mol. The van der Waals surface area contributed by atoms with Crippen molar-refractivity contribution in [3.05, 3.63) is 95.0 Å². The van der Waals surface area contributed by atoms with Crippen LogP contribution >= 0.6 is 11.6 Å². The van der Waals surface area contributed by atoms with Gasteiger partial charge in [-0.05, 0) is 67.1 Å². The molecule has 0 bridgehead atoms.